The van der Waals surface area contributed by atoms with Crippen molar-refractivity contribution in [3.63, 3.8) is 0 Å². The first-order chi connectivity index (χ1) is 9.63. The minimum absolute atomic E-state index is 0.00450. The number of methoxy groups -OCH3 is 1. The van der Waals surface area contributed by atoms with Crippen molar-refractivity contribution in [2.45, 2.75) is 18.9 Å². The average molecular weight is 278 g/mol. The molecule has 1 aromatic rings. The molecular weight excluding hydrogens is 260 g/mol. The molecule has 0 saturated carbocycles. The van der Waals surface area contributed by atoms with E-state index in [4.69, 9.17) is 9.84 Å². The molecule has 1 heterocycles. The third-order valence-electron chi connectivity index (χ3n) is 3.19. The highest BCUT2D eigenvalue weighted by molar-refractivity contribution is 5.98. The number of anilines is 1. The van der Waals surface area contributed by atoms with E-state index in [1.165, 1.54) is 7.11 Å². The molecule has 0 spiro atoms. The van der Waals surface area contributed by atoms with Crippen LogP contribution in [0.1, 0.15) is 22.3 Å². The van der Waals surface area contributed by atoms with Crippen molar-refractivity contribution in [1.29, 1.82) is 0 Å². The number of rotatable bonds is 5. The summed E-state index contributed by atoms with van der Waals surface area (Å²) in [6.07, 6.45) is 1.06. The highest BCUT2D eigenvalue weighted by Gasteiger charge is 2.18. The maximum absolute atomic E-state index is 12.1. The topological polar surface area (TPSA) is 87.7 Å². The smallest absolute Gasteiger partial charge is 0.251 e. The Labute approximate surface area is 117 Å². The zero-order valence-electron chi connectivity index (χ0n) is 11.3. The van der Waals surface area contributed by atoms with Gasteiger partial charge in [0.2, 0.25) is 5.91 Å². The first-order valence-corrected chi connectivity index (χ1v) is 6.47. The fourth-order valence-electron chi connectivity index (χ4n) is 2.13. The van der Waals surface area contributed by atoms with E-state index in [9.17, 15) is 9.59 Å². The summed E-state index contributed by atoms with van der Waals surface area (Å²) in [4.78, 5) is 23.3. The van der Waals surface area contributed by atoms with Crippen LogP contribution in [-0.2, 0) is 16.0 Å². The highest BCUT2D eigenvalue weighted by Crippen LogP contribution is 2.23. The third kappa shape index (κ3) is 3.34. The average Bonchev–Trinajstić information content (AvgIpc) is 2.46. The lowest BCUT2D eigenvalue weighted by Crippen LogP contribution is -2.40. The van der Waals surface area contributed by atoms with Crippen molar-refractivity contribution in [3.05, 3.63) is 29.3 Å². The monoisotopic (exact) mass is 278 g/mol. The van der Waals surface area contributed by atoms with E-state index in [1.807, 2.05) is 0 Å². The SMILES string of the molecule is COCC(CO)NC(=O)c1ccc2c(c1)CCC(=O)N2. The molecule has 2 amide bonds. The van der Waals surface area contributed by atoms with Crippen molar-refractivity contribution in [2.24, 2.45) is 0 Å². The molecule has 108 valence electrons. The number of amides is 2. The Morgan fingerprint density at radius 2 is 2.30 bits per heavy atom. The van der Waals surface area contributed by atoms with Gasteiger partial charge in [0.25, 0.3) is 5.91 Å². The highest BCUT2D eigenvalue weighted by atomic mass is 16.5. The van der Waals surface area contributed by atoms with Crippen LogP contribution in [0.25, 0.3) is 0 Å². The molecule has 0 aliphatic carbocycles. The van der Waals surface area contributed by atoms with Crippen molar-refractivity contribution in [1.82, 2.24) is 5.32 Å². The van der Waals surface area contributed by atoms with Crippen molar-refractivity contribution >= 4 is 17.5 Å². The minimum Gasteiger partial charge on any atom is -0.394 e. The fraction of sp³-hybridized carbons (Fsp3) is 0.429. The van der Waals surface area contributed by atoms with Gasteiger partial charge in [-0.1, -0.05) is 0 Å². The lowest BCUT2D eigenvalue weighted by atomic mass is 10.00. The predicted molar refractivity (Wildman–Crippen MR) is 73.6 cm³/mol. The van der Waals surface area contributed by atoms with Gasteiger partial charge in [0.15, 0.2) is 0 Å². The molecule has 0 saturated heterocycles. The summed E-state index contributed by atoms with van der Waals surface area (Å²) in [5, 5.41) is 14.6. The molecule has 0 radical (unpaired) electrons. The Bertz CT molecular complexity index is 516. The van der Waals surface area contributed by atoms with E-state index in [-0.39, 0.29) is 25.0 Å². The summed E-state index contributed by atoms with van der Waals surface area (Å²) in [5.74, 6) is -0.268. The van der Waals surface area contributed by atoms with Crippen LogP contribution < -0.4 is 10.6 Å². The van der Waals surface area contributed by atoms with E-state index in [0.29, 0.717) is 18.4 Å². The molecule has 6 heteroatoms. The zero-order valence-corrected chi connectivity index (χ0v) is 11.3. The number of aliphatic hydroxyl groups excluding tert-OH is 1. The number of ether oxygens (including phenoxy) is 1. The van der Waals surface area contributed by atoms with Gasteiger partial charge in [0.05, 0.1) is 19.3 Å². The number of nitrogens with one attached hydrogen (secondary N) is 2. The lowest BCUT2D eigenvalue weighted by Gasteiger charge is -2.19. The molecule has 1 aliphatic heterocycles. The van der Waals surface area contributed by atoms with Crippen LogP contribution in [-0.4, -0.2) is 43.3 Å². The normalized spacial score (nSPS) is 15.2. The van der Waals surface area contributed by atoms with Gasteiger partial charge in [-0.3, -0.25) is 9.59 Å². The molecule has 1 aromatic carbocycles. The van der Waals surface area contributed by atoms with E-state index in [1.54, 1.807) is 18.2 Å². The first-order valence-electron chi connectivity index (χ1n) is 6.47. The molecule has 1 aliphatic rings. The molecule has 0 bridgehead atoms. The fourth-order valence-corrected chi connectivity index (χ4v) is 2.13. The second-order valence-electron chi connectivity index (χ2n) is 4.73. The number of hydrogen-bond acceptors (Lipinski definition) is 4. The van der Waals surface area contributed by atoms with E-state index >= 15 is 0 Å². The Morgan fingerprint density at radius 3 is 3.00 bits per heavy atom. The van der Waals surface area contributed by atoms with E-state index in [0.717, 1.165) is 11.3 Å². The van der Waals surface area contributed by atoms with Crippen LogP contribution in [0, 0.1) is 0 Å². The Kier molecular flexibility index (Phi) is 4.70. The second kappa shape index (κ2) is 6.49. The number of benzene rings is 1. The number of aryl methyl sites for hydroxylation is 1. The largest absolute Gasteiger partial charge is 0.394 e. The molecule has 2 rings (SSSR count). The number of fused-ring (bicyclic) bond motifs is 1. The summed E-state index contributed by atoms with van der Waals surface area (Å²) in [6, 6.07) is 4.72. The number of carbonyl (C=O) groups excluding carboxylic acids is 2. The maximum Gasteiger partial charge on any atom is 0.251 e. The summed E-state index contributed by atoms with van der Waals surface area (Å²) in [6.45, 7) is 0.0732. The summed E-state index contributed by atoms with van der Waals surface area (Å²) in [7, 11) is 1.51. The maximum atomic E-state index is 12.1. The van der Waals surface area contributed by atoms with Gasteiger partial charge in [-0.15, -0.1) is 0 Å². The van der Waals surface area contributed by atoms with Crippen molar-refractivity contribution in [3.8, 4) is 0 Å². The first kappa shape index (κ1) is 14.5. The van der Waals surface area contributed by atoms with E-state index < -0.39 is 6.04 Å². The van der Waals surface area contributed by atoms with Crippen LogP contribution in [0.5, 0.6) is 0 Å². The Balaban J connectivity index is 2.09. The molecule has 0 fully saturated rings. The second-order valence-corrected chi connectivity index (χ2v) is 4.73. The van der Waals surface area contributed by atoms with Gasteiger partial charge >= 0.3 is 0 Å². The van der Waals surface area contributed by atoms with Gasteiger partial charge in [-0.2, -0.15) is 0 Å². The molecule has 1 atom stereocenters. The molecule has 1 unspecified atom stereocenters. The predicted octanol–water partition coefficient (Wildman–Crippen LogP) is 0.308. The summed E-state index contributed by atoms with van der Waals surface area (Å²) >= 11 is 0. The molecule has 6 nitrogen and oxygen atoms in total. The van der Waals surface area contributed by atoms with Gasteiger partial charge < -0.3 is 20.5 Å². The van der Waals surface area contributed by atoms with E-state index in [2.05, 4.69) is 10.6 Å². The molecule has 20 heavy (non-hydrogen) atoms. The van der Waals surface area contributed by atoms with Crippen LogP contribution in [0.3, 0.4) is 0 Å². The quantitative estimate of drug-likeness (QED) is 0.723. The molecule has 0 aromatic heterocycles. The van der Waals surface area contributed by atoms with Crippen LogP contribution in [0.2, 0.25) is 0 Å². The van der Waals surface area contributed by atoms with Gasteiger partial charge in [-0.05, 0) is 30.2 Å². The van der Waals surface area contributed by atoms with Gasteiger partial charge in [-0.25, -0.2) is 0 Å². The van der Waals surface area contributed by atoms with Crippen LogP contribution in [0.15, 0.2) is 18.2 Å². The molecule has 3 N–H and O–H groups in total. The van der Waals surface area contributed by atoms with Crippen molar-refractivity contribution in [2.75, 3.05) is 25.6 Å². The van der Waals surface area contributed by atoms with Gasteiger partial charge in [0, 0.05) is 24.8 Å². The lowest BCUT2D eigenvalue weighted by molar-refractivity contribution is -0.116. The Hall–Kier alpha value is -1.92. The van der Waals surface area contributed by atoms with Crippen LogP contribution in [0.4, 0.5) is 5.69 Å². The molecular formula is C14H18N2O4. The summed E-state index contributed by atoms with van der Waals surface area (Å²) in [5.41, 5.74) is 2.22. The summed E-state index contributed by atoms with van der Waals surface area (Å²) < 4.78 is 4.91. The zero-order chi connectivity index (χ0) is 14.5. The number of carbonyl (C=O) groups is 2. The third-order valence-corrected chi connectivity index (χ3v) is 3.19. The standard InChI is InChI=1S/C14H18N2O4/c1-20-8-11(7-17)15-14(19)10-2-4-12-9(6-10)3-5-13(18)16-12/h2,4,6,11,17H,3,5,7-8H2,1H3,(H,15,19)(H,16,18). The minimum atomic E-state index is -0.428. The number of hydrogen-bond donors (Lipinski definition) is 3. The Morgan fingerprint density at radius 1 is 1.50 bits per heavy atom. The van der Waals surface area contributed by atoms with Crippen molar-refractivity contribution < 1.29 is 19.4 Å². The number of aliphatic hydroxyl groups is 1. The van der Waals surface area contributed by atoms with Crippen LogP contribution >= 0.6 is 0 Å². The van der Waals surface area contributed by atoms with Gasteiger partial charge in [0.1, 0.15) is 0 Å².